The van der Waals surface area contributed by atoms with Crippen LogP contribution in [0.1, 0.15) is 34.8 Å². The standard InChI is InChI=1S/C20H22N4O3/c1-13-3-9-17(27-13)14-4-6-15(7-5-14)19(25)21-16-8-10-18-22-23(2)20(26)24(18)12-11-16/h3-7,9,16H,8,10-12H2,1-2H3,(H,21,25). The maximum Gasteiger partial charge on any atom is 0.345 e. The van der Waals surface area contributed by atoms with Crippen molar-refractivity contribution in [2.75, 3.05) is 0 Å². The first-order chi connectivity index (χ1) is 13.0. The Bertz CT molecular complexity index is 1030. The predicted octanol–water partition coefficient (Wildman–Crippen LogP) is 2.29. The molecule has 7 heteroatoms. The van der Waals surface area contributed by atoms with Gasteiger partial charge in [0.25, 0.3) is 5.91 Å². The zero-order valence-corrected chi connectivity index (χ0v) is 15.4. The second kappa shape index (κ2) is 6.90. The summed E-state index contributed by atoms with van der Waals surface area (Å²) in [6.07, 6.45) is 2.16. The van der Waals surface area contributed by atoms with Crippen molar-refractivity contribution >= 4 is 5.91 Å². The van der Waals surface area contributed by atoms with Crippen LogP contribution in [0.25, 0.3) is 11.3 Å². The zero-order chi connectivity index (χ0) is 19.0. The van der Waals surface area contributed by atoms with E-state index < -0.39 is 0 Å². The first-order valence-corrected chi connectivity index (χ1v) is 9.12. The van der Waals surface area contributed by atoms with Crippen molar-refractivity contribution in [3.8, 4) is 11.3 Å². The average Bonchev–Trinajstić information content (AvgIpc) is 3.14. The zero-order valence-electron chi connectivity index (χ0n) is 15.4. The molecule has 0 saturated carbocycles. The van der Waals surface area contributed by atoms with Gasteiger partial charge < -0.3 is 9.73 Å². The van der Waals surface area contributed by atoms with E-state index in [2.05, 4.69) is 10.4 Å². The number of amides is 1. The summed E-state index contributed by atoms with van der Waals surface area (Å²) in [5.41, 5.74) is 1.45. The van der Waals surface area contributed by atoms with Crippen molar-refractivity contribution < 1.29 is 9.21 Å². The van der Waals surface area contributed by atoms with Gasteiger partial charge >= 0.3 is 5.69 Å². The third-order valence-corrected chi connectivity index (χ3v) is 5.01. The molecule has 0 fully saturated rings. The Balaban J connectivity index is 1.41. The van der Waals surface area contributed by atoms with Gasteiger partial charge in [-0.25, -0.2) is 9.48 Å². The van der Waals surface area contributed by atoms with Gasteiger partial charge in [-0.15, -0.1) is 0 Å². The first-order valence-electron chi connectivity index (χ1n) is 9.12. The van der Waals surface area contributed by atoms with Crippen molar-refractivity contribution in [1.29, 1.82) is 0 Å². The highest BCUT2D eigenvalue weighted by Crippen LogP contribution is 2.22. The molecular weight excluding hydrogens is 344 g/mol. The lowest BCUT2D eigenvalue weighted by Crippen LogP contribution is -2.35. The summed E-state index contributed by atoms with van der Waals surface area (Å²) in [6.45, 7) is 2.48. The van der Waals surface area contributed by atoms with E-state index in [0.29, 0.717) is 24.9 Å². The van der Waals surface area contributed by atoms with E-state index in [0.717, 1.165) is 29.3 Å². The van der Waals surface area contributed by atoms with Crippen molar-refractivity contribution in [3.63, 3.8) is 0 Å². The van der Waals surface area contributed by atoms with Crippen LogP contribution in [0.15, 0.2) is 45.6 Å². The minimum atomic E-state index is -0.102. The highest BCUT2D eigenvalue weighted by molar-refractivity contribution is 5.94. The van der Waals surface area contributed by atoms with Gasteiger partial charge in [-0.05, 0) is 44.0 Å². The average molecular weight is 366 g/mol. The number of rotatable bonds is 3. The molecule has 1 amide bonds. The molecule has 0 saturated heterocycles. The van der Waals surface area contributed by atoms with Crippen LogP contribution < -0.4 is 11.0 Å². The van der Waals surface area contributed by atoms with E-state index in [4.69, 9.17) is 4.42 Å². The van der Waals surface area contributed by atoms with Gasteiger partial charge in [0, 0.05) is 37.2 Å². The van der Waals surface area contributed by atoms with E-state index in [1.807, 2.05) is 31.2 Å². The summed E-state index contributed by atoms with van der Waals surface area (Å²) >= 11 is 0. The van der Waals surface area contributed by atoms with Crippen LogP contribution in [0.4, 0.5) is 0 Å². The number of carbonyl (C=O) groups is 1. The van der Waals surface area contributed by atoms with Gasteiger partial charge in [0.1, 0.15) is 17.3 Å². The number of aromatic nitrogens is 3. The lowest BCUT2D eigenvalue weighted by atomic mass is 10.1. The summed E-state index contributed by atoms with van der Waals surface area (Å²) in [5, 5.41) is 7.35. The Morgan fingerprint density at radius 3 is 2.67 bits per heavy atom. The summed E-state index contributed by atoms with van der Waals surface area (Å²) in [4.78, 5) is 24.6. The van der Waals surface area contributed by atoms with Gasteiger partial charge in [-0.2, -0.15) is 5.10 Å². The molecule has 0 radical (unpaired) electrons. The quantitative estimate of drug-likeness (QED) is 0.771. The van der Waals surface area contributed by atoms with Crippen LogP contribution in [0.2, 0.25) is 0 Å². The molecule has 0 aliphatic carbocycles. The van der Waals surface area contributed by atoms with Gasteiger partial charge in [0.2, 0.25) is 0 Å². The van der Waals surface area contributed by atoms with Gasteiger partial charge in [0.05, 0.1) is 0 Å². The molecule has 1 aromatic carbocycles. The summed E-state index contributed by atoms with van der Waals surface area (Å²) in [5.74, 6) is 2.33. The molecule has 3 aromatic rings. The predicted molar refractivity (Wildman–Crippen MR) is 101 cm³/mol. The molecule has 0 bridgehead atoms. The number of furan rings is 1. The Labute approximate surface area is 156 Å². The fourth-order valence-corrected chi connectivity index (χ4v) is 3.49. The minimum absolute atomic E-state index is 0.0244. The van der Waals surface area contributed by atoms with Crippen LogP contribution in [-0.2, 0) is 20.0 Å². The Morgan fingerprint density at radius 2 is 1.96 bits per heavy atom. The molecule has 27 heavy (non-hydrogen) atoms. The number of hydrogen-bond donors (Lipinski definition) is 1. The highest BCUT2D eigenvalue weighted by atomic mass is 16.3. The molecule has 1 unspecified atom stereocenters. The van der Waals surface area contributed by atoms with Crippen LogP contribution in [-0.4, -0.2) is 26.3 Å². The van der Waals surface area contributed by atoms with Crippen molar-refractivity contribution in [1.82, 2.24) is 19.7 Å². The van der Waals surface area contributed by atoms with E-state index in [-0.39, 0.29) is 17.6 Å². The van der Waals surface area contributed by atoms with Crippen LogP contribution in [0, 0.1) is 6.92 Å². The highest BCUT2D eigenvalue weighted by Gasteiger charge is 2.21. The normalized spacial score (nSPS) is 16.6. The maximum absolute atomic E-state index is 12.6. The summed E-state index contributed by atoms with van der Waals surface area (Å²) < 4.78 is 8.68. The molecule has 4 rings (SSSR count). The van der Waals surface area contributed by atoms with Crippen LogP contribution in [0.5, 0.6) is 0 Å². The molecule has 1 atom stereocenters. The van der Waals surface area contributed by atoms with Crippen molar-refractivity contribution in [3.05, 3.63) is 64.0 Å². The molecule has 3 heterocycles. The van der Waals surface area contributed by atoms with E-state index in [9.17, 15) is 9.59 Å². The third-order valence-electron chi connectivity index (χ3n) is 5.01. The largest absolute Gasteiger partial charge is 0.461 e. The Hall–Kier alpha value is -3.09. The lowest BCUT2D eigenvalue weighted by Gasteiger charge is -2.16. The number of benzene rings is 1. The molecular formula is C20H22N4O3. The van der Waals surface area contributed by atoms with Crippen LogP contribution in [0.3, 0.4) is 0 Å². The van der Waals surface area contributed by atoms with Gasteiger partial charge in [0.15, 0.2) is 0 Å². The van der Waals surface area contributed by atoms with E-state index in [1.54, 1.807) is 23.7 Å². The summed E-state index contributed by atoms with van der Waals surface area (Å²) in [7, 11) is 1.66. The first kappa shape index (κ1) is 17.3. The fraction of sp³-hybridized carbons (Fsp3) is 0.350. The topological polar surface area (TPSA) is 82.1 Å². The maximum atomic E-state index is 12.6. The molecule has 7 nitrogen and oxygen atoms in total. The second-order valence-electron chi connectivity index (χ2n) is 6.96. The van der Waals surface area contributed by atoms with Gasteiger partial charge in [-0.3, -0.25) is 9.36 Å². The second-order valence-corrected chi connectivity index (χ2v) is 6.96. The third kappa shape index (κ3) is 3.45. The van der Waals surface area contributed by atoms with Crippen LogP contribution >= 0.6 is 0 Å². The van der Waals surface area contributed by atoms with E-state index in [1.165, 1.54) is 4.68 Å². The molecule has 1 aliphatic heterocycles. The summed E-state index contributed by atoms with van der Waals surface area (Å²) in [6, 6.07) is 11.2. The Kier molecular flexibility index (Phi) is 4.43. The molecule has 1 N–H and O–H groups in total. The number of nitrogens with one attached hydrogen (secondary N) is 1. The number of carbonyl (C=O) groups excluding carboxylic acids is 1. The fourth-order valence-electron chi connectivity index (χ4n) is 3.49. The number of fused-ring (bicyclic) bond motifs is 1. The van der Waals surface area contributed by atoms with Crippen molar-refractivity contribution in [2.45, 2.75) is 38.8 Å². The minimum Gasteiger partial charge on any atom is -0.461 e. The smallest absolute Gasteiger partial charge is 0.345 e. The van der Waals surface area contributed by atoms with Gasteiger partial charge in [-0.1, -0.05) is 12.1 Å². The molecule has 140 valence electrons. The van der Waals surface area contributed by atoms with Crippen molar-refractivity contribution in [2.24, 2.45) is 7.05 Å². The van der Waals surface area contributed by atoms with E-state index >= 15 is 0 Å². The SMILES string of the molecule is Cc1ccc(-c2ccc(C(=O)NC3CCc4nn(C)c(=O)n4CC3)cc2)o1. The molecule has 0 spiro atoms. The number of hydrogen-bond acceptors (Lipinski definition) is 4. The number of aryl methyl sites for hydroxylation is 3. The monoisotopic (exact) mass is 366 g/mol. The lowest BCUT2D eigenvalue weighted by molar-refractivity contribution is 0.0933. The number of nitrogens with zero attached hydrogens (tertiary/aromatic N) is 3. The molecule has 1 aliphatic rings. The molecule has 2 aromatic heterocycles. The Morgan fingerprint density at radius 1 is 1.19 bits per heavy atom.